The second-order valence-electron chi connectivity index (χ2n) is 6.15. The second-order valence-corrected chi connectivity index (χ2v) is 6.15. The van der Waals surface area contributed by atoms with Crippen LogP contribution in [0, 0.1) is 10.1 Å². The van der Waals surface area contributed by atoms with E-state index in [4.69, 9.17) is 0 Å². The van der Waals surface area contributed by atoms with Crippen molar-refractivity contribution in [3.8, 4) is 0 Å². The van der Waals surface area contributed by atoms with Gasteiger partial charge in [-0.1, -0.05) is 12.1 Å². The van der Waals surface area contributed by atoms with Gasteiger partial charge in [0.05, 0.1) is 23.4 Å². The molecule has 0 N–H and O–H groups in total. The summed E-state index contributed by atoms with van der Waals surface area (Å²) in [6.45, 7) is 0.428. The van der Waals surface area contributed by atoms with Crippen LogP contribution in [0.5, 0.6) is 0 Å². The lowest BCUT2D eigenvalue weighted by Crippen LogP contribution is -2.33. The first-order valence-electron chi connectivity index (χ1n) is 8.10. The molecule has 25 heavy (non-hydrogen) atoms. The summed E-state index contributed by atoms with van der Waals surface area (Å²) in [6, 6.07) is 11.8. The molecule has 0 saturated heterocycles. The molecule has 0 radical (unpaired) electrons. The number of nitro benzene ring substituents is 1. The number of benzene rings is 1. The number of rotatable bonds is 5. The minimum Gasteiger partial charge on any atom is -0.330 e. The normalized spacial score (nSPS) is 13.8. The van der Waals surface area contributed by atoms with Gasteiger partial charge in [-0.05, 0) is 31.0 Å². The second kappa shape index (κ2) is 6.01. The number of hydrogen-bond acceptors (Lipinski definition) is 4. The number of hydrogen-bond donors (Lipinski definition) is 0. The monoisotopic (exact) mass is 336 g/mol. The molecule has 0 spiro atoms. The highest BCUT2D eigenvalue weighted by Gasteiger charge is 2.34. The average molecular weight is 336 g/mol. The van der Waals surface area contributed by atoms with E-state index in [1.54, 1.807) is 23.2 Å². The molecule has 7 nitrogen and oxygen atoms in total. The predicted molar refractivity (Wildman–Crippen MR) is 91.2 cm³/mol. The highest BCUT2D eigenvalue weighted by molar-refractivity contribution is 5.95. The molecule has 7 heteroatoms. The zero-order valence-corrected chi connectivity index (χ0v) is 13.4. The largest absolute Gasteiger partial charge is 0.330 e. The van der Waals surface area contributed by atoms with E-state index in [1.807, 2.05) is 28.8 Å². The maximum Gasteiger partial charge on any atom is 0.270 e. The molecule has 1 aromatic carbocycles. The van der Waals surface area contributed by atoms with E-state index in [1.165, 1.54) is 12.1 Å². The van der Waals surface area contributed by atoms with Crippen LogP contribution in [0.15, 0.2) is 54.9 Å². The Balaban J connectivity index is 1.64. The summed E-state index contributed by atoms with van der Waals surface area (Å²) in [5.41, 5.74) is 2.02. The Labute approximate surface area is 143 Å². The van der Waals surface area contributed by atoms with Gasteiger partial charge in [0, 0.05) is 29.9 Å². The minimum absolute atomic E-state index is 0.0728. The van der Waals surface area contributed by atoms with E-state index in [9.17, 15) is 14.9 Å². The highest BCUT2D eigenvalue weighted by atomic mass is 16.6. The van der Waals surface area contributed by atoms with Crippen molar-refractivity contribution < 1.29 is 9.72 Å². The third-order valence-electron chi connectivity index (χ3n) is 4.38. The SMILES string of the molecule is O=C(c1cccc([N+](=O)[O-])c1)N(Cc1cnc2ccccn12)C1CC1. The molecule has 1 fully saturated rings. The van der Waals surface area contributed by atoms with Crippen LogP contribution in [0.4, 0.5) is 5.69 Å². The fourth-order valence-electron chi connectivity index (χ4n) is 2.95. The lowest BCUT2D eigenvalue weighted by Gasteiger charge is -2.22. The number of nitrogens with zero attached hydrogens (tertiary/aromatic N) is 4. The van der Waals surface area contributed by atoms with Crippen molar-refractivity contribution in [3.05, 3.63) is 76.2 Å². The molecule has 1 saturated carbocycles. The van der Waals surface area contributed by atoms with Crippen molar-refractivity contribution >= 4 is 17.2 Å². The Morgan fingerprint density at radius 3 is 2.88 bits per heavy atom. The van der Waals surface area contributed by atoms with E-state index >= 15 is 0 Å². The molecule has 1 aliphatic rings. The summed E-state index contributed by atoms with van der Waals surface area (Å²) in [7, 11) is 0. The fraction of sp³-hybridized carbons (Fsp3) is 0.222. The third kappa shape index (κ3) is 2.96. The van der Waals surface area contributed by atoms with E-state index in [-0.39, 0.29) is 17.6 Å². The third-order valence-corrected chi connectivity index (χ3v) is 4.38. The summed E-state index contributed by atoms with van der Waals surface area (Å²) in [5.74, 6) is -0.183. The lowest BCUT2D eigenvalue weighted by atomic mass is 10.1. The predicted octanol–water partition coefficient (Wildman–Crippen LogP) is 3.05. The molecule has 2 aromatic heterocycles. The number of carbonyl (C=O) groups excluding carboxylic acids is 1. The van der Waals surface area contributed by atoms with Crippen LogP contribution in [0.1, 0.15) is 28.9 Å². The first kappa shape index (κ1) is 15.3. The minimum atomic E-state index is -0.483. The lowest BCUT2D eigenvalue weighted by molar-refractivity contribution is -0.384. The van der Waals surface area contributed by atoms with Gasteiger partial charge in [-0.2, -0.15) is 0 Å². The molecule has 1 amide bonds. The van der Waals surface area contributed by atoms with Gasteiger partial charge in [-0.25, -0.2) is 4.98 Å². The molecular weight excluding hydrogens is 320 g/mol. The van der Waals surface area contributed by atoms with E-state index in [2.05, 4.69) is 4.98 Å². The molecule has 3 aromatic rings. The first-order chi connectivity index (χ1) is 12.1. The maximum absolute atomic E-state index is 12.9. The van der Waals surface area contributed by atoms with Crippen molar-refractivity contribution in [1.29, 1.82) is 0 Å². The zero-order valence-electron chi connectivity index (χ0n) is 13.4. The molecule has 0 bridgehead atoms. The molecule has 1 aliphatic carbocycles. The highest BCUT2D eigenvalue weighted by Crippen LogP contribution is 2.30. The topological polar surface area (TPSA) is 80.8 Å². The van der Waals surface area contributed by atoms with Crippen LogP contribution in [0.2, 0.25) is 0 Å². The molecule has 2 heterocycles. The summed E-state index contributed by atoms with van der Waals surface area (Å²) < 4.78 is 1.95. The van der Waals surface area contributed by atoms with Crippen LogP contribution in [0.25, 0.3) is 5.65 Å². The van der Waals surface area contributed by atoms with Crippen LogP contribution in [-0.2, 0) is 6.54 Å². The van der Waals surface area contributed by atoms with Gasteiger partial charge < -0.3 is 9.30 Å². The van der Waals surface area contributed by atoms with E-state index in [0.717, 1.165) is 24.2 Å². The number of fused-ring (bicyclic) bond motifs is 1. The standard InChI is InChI=1S/C18H16N4O3/c23-18(13-4-3-5-15(10-13)22(24)25)21(14-7-8-14)12-16-11-19-17-6-1-2-9-20(16)17/h1-6,9-11,14H,7-8,12H2. The Morgan fingerprint density at radius 1 is 1.28 bits per heavy atom. The van der Waals surface area contributed by atoms with Crippen molar-refractivity contribution in [3.63, 3.8) is 0 Å². The summed E-state index contributed by atoms with van der Waals surface area (Å²) in [6.07, 6.45) is 5.60. The Morgan fingerprint density at radius 2 is 2.12 bits per heavy atom. The number of pyridine rings is 1. The van der Waals surface area contributed by atoms with Crippen LogP contribution in [-0.4, -0.2) is 31.2 Å². The number of aromatic nitrogens is 2. The van der Waals surface area contributed by atoms with Crippen LogP contribution in [0.3, 0.4) is 0 Å². The van der Waals surface area contributed by atoms with Crippen molar-refractivity contribution in [2.24, 2.45) is 0 Å². The van der Waals surface area contributed by atoms with Crippen molar-refractivity contribution in [2.45, 2.75) is 25.4 Å². The number of non-ortho nitro benzene ring substituents is 1. The Kier molecular flexibility index (Phi) is 3.68. The zero-order chi connectivity index (χ0) is 17.4. The average Bonchev–Trinajstić information content (AvgIpc) is 3.40. The summed E-state index contributed by atoms with van der Waals surface area (Å²) in [4.78, 5) is 29.6. The molecule has 0 atom stereocenters. The van der Waals surface area contributed by atoms with Gasteiger partial charge in [0.2, 0.25) is 0 Å². The van der Waals surface area contributed by atoms with Crippen molar-refractivity contribution in [2.75, 3.05) is 0 Å². The summed E-state index contributed by atoms with van der Waals surface area (Å²) in [5, 5.41) is 11.0. The van der Waals surface area contributed by atoms with Gasteiger partial charge in [-0.3, -0.25) is 14.9 Å². The smallest absolute Gasteiger partial charge is 0.270 e. The van der Waals surface area contributed by atoms with Gasteiger partial charge in [0.1, 0.15) is 5.65 Å². The molecular formula is C18H16N4O3. The Bertz CT molecular complexity index is 962. The number of imidazole rings is 1. The van der Waals surface area contributed by atoms with Crippen LogP contribution < -0.4 is 0 Å². The van der Waals surface area contributed by atoms with Crippen molar-refractivity contribution in [1.82, 2.24) is 14.3 Å². The van der Waals surface area contributed by atoms with E-state index < -0.39 is 4.92 Å². The summed E-state index contributed by atoms with van der Waals surface area (Å²) >= 11 is 0. The molecule has 4 rings (SSSR count). The number of carbonyl (C=O) groups is 1. The van der Waals surface area contributed by atoms with Crippen LogP contribution >= 0.6 is 0 Å². The fourth-order valence-corrected chi connectivity index (χ4v) is 2.95. The van der Waals surface area contributed by atoms with Gasteiger partial charge in [-0.15, -0.1) is 0 Å². The number of amides is 1. The Hall–Kier alpha value is -3.22. The molecule has 0 aliphatic heterocycles. The maximum atomic E-state index is 12.9. The quantitative estimate of drug-likeness (QED) is 0.530. The van der Waals surface area contributed by atoms with Gasteiger partial charge in [0.25, 0.3) is 11.6 Å². The van der Waals surface area contributed by atoms with Gasteiger partial charge in [0.15, 0.2) is 0 Å². The molecule has 0 unspecified atom stereocenters. The van der Waals surface area contributed by atoms with E-state index in [0.29, 0.717) is 12.1 Å². The first-order valence-corrected chi connectivity index (χ1v) is 8.10. The van der Waals surface area contributed by atoms with Gasteiger partial charge >= 0.3 is 0 Å². The molecule has 126 valence electrons. The number of nitro groups is 1.